The van der Waals surface area contributed by atoms with Crippen molar-refractivity contribution in [1.29, 1.82) is 0 Å². The van der Waals surface area contributed by atoms with Crippen molar-refractivity contribution in [2.75, 3.05) is 11.9 Å². The number of carbonyl (C=O) groups excluding carboxylic acids is 2. The number of hydrogen-bond donors (Lipinski definition) is 1. The summed E-state index contributed by atoms with van der Waals surface area (Å²) in [6.07, 6.45) is 0. The molecular formula is C26H19FN2O4. The molecule has 164 valence electrons. The molecule has 1 aromatic heterocycles. The van der Waals surface area contributed by atoms with Crippen molar-refractivity contribution < 1.29 is 18.4 Å². The quantitative estimate of drug-likeness (QED) is 0.466. The molecule has 1 aliphatic heterocycles. The monoisotopic (exact) mass is 442 g/mol. The number of carbonyl (C=O) groups is 2. The van der Waals surface area contributed by atoms with Crippen LogP contribution < -0.4 is 10.9 Å². The molecule has 33 heavy (non-hydrogen) atoms. The Labute approximate surface area is 188 Å². The second-order valence-electron chi connectivity index (χ2n) is 8.01. The van der Waals surface area contributed by atoms with Gasteiger partial charge in [0.1, 0.15) is 23.5 Å². The number of nitrogens with zero attached hydrogens (tertiary/aromatic N) is 1. The first-order valence-corrected chi connectivity index (χ1v) is 10.4. The summed E-state index contributed by atoms with van der Waals surface area (Å²) in [5.41, 5.74) is 2.17. The Morgan fingerprint density at radius 2 is 1.79 bits per heavy atom. The molecule has 1 N–H and O–H groups in total. The van der Waals surface area contributed by atoms with Gasteiger partial charge in [-0.05, 0) is 42.8 Å². The fourth-order valence-electron chi connectivity index (χ4n) is 4.19. The van der Waals surface area contributed by atoms with Crippen molar-refractivity contribution in [3.05, 3.63) is 111 Å². The number of amides is 2. The van der Waals surface area contributed by atoms with E-state index >= 15 is 0 Å². The van der Waals surface area contributed by atoms with Crippen molar-refractivity contribution in [2.24, 2.45) is 0 Å². The summed E-state index contributed by atoms with van der Waals surface area (Å²) in [5, 5.41) is 3.42. The highest BCUT2D eigenvalue weighted by molar-refractivity contribution is 6.02. The van der Waals surface area contributed by atoms with Crippen LogP contribution in [0.2, 0.25) is 0 Å². The highest BCUT2D eigenvalue weighted by atomic mass is 19.1. The summed E-state index contributed by atoms with van der Waals surface area (Å²) in [6.45, 7) is 1.61. The average Bonchev–Trinajstić information content (AvgIpc) is 2.94. The van der Waals surface area contributed by atoms with Gasteiger partial charge in [-0.1, -0.05) is 48.0 Å². The normalized spacial score (nSPS) is 15.6. The molecule has 0 bridgehead atoms. The minimum Gasteiger partial charge on any atom is -0.422 e. The van der Waals surface area contributed by atoms with Crippen molar-refractivity contribution in [2.45, 2.75) is 13.0 Å². The third-order valence-corrected chi connectivity index (χ3v) is 5.72. The van der Waals surface area contributed by atoms with E-state index in [1.165, 1.54) is 23.1 Å². The lowest BCUT2D eigenvalue weighted by atomic mass is 9.94. The number of aryl methyl sites for hydroxylation is 1. The van der Waals surface area contributed by atoms with E-state index in [-0.39, 0.29) is 12.1 Å². The van der Waals surface area contributed by atoms with Crippen LogP contribution >= 0.6 is 0 Å². The average molecular weight is 442 g/mol. The summed E-state index contributed by atoms with van der Waals surface area (Å²) < 4.78 is 19.0. The van der Waals surface area contributed by atoms with Crippen LogP contribution in [-0.4, -0.2) is 23.3 Å². The van der Waals surface area contributed by atoms with Crippen LogP contribution in [0.5, 0.6) is 0 Å². The molecular weight excluding hydrogens is 423 g/mol. The summed E-state index contributed by atoms with van der Waals surface area (Å²) in [5.74, 6) is -1.46. The van der Waals surface area contributed by atoms with Crippen molar-refractivity contribution >= 4 is 28.5 Å². The summed E-state index contributed by atoms with van der Waals surface area (Å²) in [4.78, 5) is 40.5. The first kappa shape index (κ1) is 20.6. The number of para-hydroxylation sites is 1. The molecule has 0 saturated carbocycles. The van der Waals surface area contributed by atoms with Gasteiger partial charge < -0.3 is 14.6 Å². The zero-order valence-corrected chi connectivity index (χ0v) is 17.7. The fourth-order valence-corrected chi connectivity index (χ4v) is 4.19. The molecule has 1 aliphatic rings. The summed E-state index contributed by atoms with van der Waals surface area (Å²) in [7, 11) is 0. The lowest BCUT2D eigenvalue weighted by Crippen LogP contribution is -2.40. The van der Waals surface area contributed by atoms with E-state index in [1.54, 1.807) is 42.5 Å². The van der Waals surface area contributed by atoms with E-state index < -0.39 is 29.3 Å². The minimum atomic E-state index is -0.786. The Hall–Kier alpha value is -4.26. The topological polar surface area (TPSA) is 79.6 Å². The standard InChI is InChI=1S/C26H19FN2O4/c1-15-6-11-21-19(12-15)24(16-7-9-18(27)10-8-16)29(14-23(30)28-21)25(31)20-13-17-4-2-3-5-22(17)33-26(20)32/h2-13,24H,14H2,1H3,(H,28,30)/t24-/m0/s1. The number of halogens is 1. The van der Waals surface area contributed by atoms with Crippen molar-refractivity contribution in [3.8, 4) is 0 Å². The van der Waals surface area contributed by atoms with Crippen LogP contribution in [0, 0.1) is 12.7 Å². The first-order chi connectivity index (χ1) is 15.9. The van der Waals surface area contributed by atoms with E-state index in [0.717, 1.165) is 5.56 Å². The van der Waals surface area contributed by atoms with E-state index in [4.69, 9.17) is 4.42 Å². The van der Waals surface area contributed by atoms with E-state index in [0.29, 0.717) is 27.8 Å². The van der Waals surface area contributed by atoms with Crippen LogP contribution in [0.15, 0.2) is 82.0 Å². The van der Waals surface area contributed by atoms with Crippen LogP contribution in [-0.2, 0) is 4.79 Å². The number of fused-ring (bicyclic) bond motifs is 2. The van der Waals surface area contributed by atoms with Gasteiger partial charge in [0.15, 0.2) is 0 Å². The second-order valence-corrected chi connectivity index (χ2v) is 8.01. The predicted molar refractivity (Wildman–Crippen MR) is 122 cm³/mol. The predicted octanol–water partition coefficient (Wildman–Crippen LogP) is 4.42. The molecule has 1 atom stereocenters. The lowest BCUT2D eigenvalue weighted by Gasteiger charge is -2.30. The minimum absolute atomic E-state index is 0.176. The molecule has 7 heteroatoms. The third kappa shape index (κ3) is 3.78. The number of nitrogens with one attached hydrogen (secondary N) is 1. The lowest BCUT2D eigenvalue weighted by molar-refractivity contribution is -0.117. The number of rotatable bonds is 2. The molecule has 0 aliphatic carbocycles. The molecule has 4 aromatic rings. The number of hydrogen-bond acceptors (Lipinski definition) is 4. The van der Waals surface area contributed by atoms with E-state index in [2.05, 4.69) is 5.32 Å². The number of anilines is 1. The van der Waals surface area contributed by atoms with Crippen LogP contribution in [0.25, 0.3) is 11.0 Å². The Morgan fingerprint density at radius 3 is 2.58 bits per heavy atom. The van der Waals surface area contributed by atoms with E-state index in [9.17, 15) is 18.8 Å². The van der Waals surface area contributed by atoms with Gasteiger partial charge in [-0.25, -0.2) is 9.18 Å². The Kier molecular flexibility index (Phi) is 5.01. The Balaban J connectivity index is 1.70. The largest absolute Gasteiger partial charge is 0.422 e. The second kappa shape index (κ2) is 8.02. The number of benzene rings is 3. The van der Waals surface area contributed by atoms with Gasteiger partial charge in [0, 0.05) is 16.6 Å². The van der Waals surface area contributed by atoms with Gasteiger partial charge in [-0.2, -0.15) is 0 Å². The zero-order chi connectivity index (χ0) is 23.1. The molecule has 0 fully saturated rings. The van der Waals surface area contributed by atoms with Crippen molar-refractivity contribution in [3.63, 3.8) is 0 Å². The molecule has 2 amide bonds. The van der Waals surface area contributed by atoms with Gasteiger partial charge >= 0.3 is 5.63 Å². The van der Waals surface area contributed by atoms with Crippen LogP contribution in [0.3, 0.4) is 0 Å². The molecule has 3 aromatic carbocycles. The molecule has 2 heterocycles. The van der Waals surface area contributed by atoms with Gasteiger partial charge in [-0.15, -0.1) is 0 Å². The summed E-state index contributed by atoms with van der Waals surface area (Å²) in [6, 6.07) is 18.9. The molecule has 6 nitrogen and oxygen atoms in total. The van der Waals surface area contributed by atoms with Crippen LogP contribution in [0.1, 0.15) is 33.1 Å². The zero-order valence-electron chi connectivity index (χ0n) is 17.7. The van der Waals surface area contributed by atoms with Gasteiger partial charge in [0.05, 0.1) is 6.04 Å². The summed E-state index contributed by atoms with van der Waals surface area (Å²) >= 11 is 0. The van der Waals surface area contributed by atoms with Crippen LogP contribution in [0.4, 0.5) is 10.1 Å². The third-order valence-electron chi connectivity index (χ3n) is 5.72. The maximum Gasteiger partial charge on any atom is 0.349 e. The van der Waals surface area contributed by atoms with Gasteiger partial charge in [0.25, 0.3) is 5.91 Å². The molecule has 0 spiro atoms. The highest BCUT2D eigenvalue weighted by Gasteiger charge is 2.35. The smallest absolute Gasteiger partial charge is 0.349 e. The Bertz CT molecular complexity index is 1460. The highest BCUT2D eigenvalue weighted by Crippen LogP contribution is 2.37. The van der Waals surface area contributed by atoms with E-state index in [1.807, 2.05) is 19.1 Å². The van der Waals surface area contributed by atoms with Crippen molar-refractivity contribution in [1.82, 2.24) is 4.90 Å². The molecule has 0 saturated heterocycles. The SMILES string of the molecule is Cc1ccc2c(c1)[C@H](c1ccc(F)cc1)N(C(=O)c1cc3ccccc3oc1=O)CC(=O)N2. The maximum atomic E-state index is 13.7. The Morgan fingerprint density at radius 1 is 1.03 bits per heavy atom. The molecule has 5 rings (SSSR count). The van der Waals surface area contributed by atoms with Gasteiger partial charge in [-0.3, -0.25) is 9.59 Å². The molecule has 0 unspecified atom stereocenters. The molecule has 0 radical (unpaired) electrons. The first-order valence-electron chi connectivity index (χ1n) is 10.4. The maximum absolute atomic E-state index is 13.7. The fraction of sp³-hybridized carbons (Fsp3) is 0.115. The van der Waals surface area contributed by atoms with Gasteiger partial charge in [0.2, 0.25) is 5.91 Å².